The molecule has 0 spiro atoms. The van der Waals surface area contributed by atoms with Crippen LogP contribution in [0, 0.1) is 11.3 Å². The van der Waals surface area contributed by atoms with E-state index < -0.39 is 23.5 Å². The zero-order chi connectivity index (χ0) is 23.9. The summed E-state index contributed by atoms with van der Waals surface area (Å²) >= 11 is 0. The van der Waals surface area contributed by atoms with Crippen LogP contribution in [0.25, 0.3) is 0 Å². The molecule has 2 saturated heterocycles. The summed E-state index contributed by atoms with van der Waals surface area (Å²) in [5.74, 6) is -3.47. The van der Waals surface area contributed by atoms with Gasteiger partial charge in [0.05, 0.1) is 5.41 Å². The number of carbonyl (C=O) groups is 3. The summed E-state index contributed by atoms with van der Waals surface area (Å²) in [6.07, 6.45) is -3.70. The van der Waals surface area contributed by atoms with Crippen LogP contribution in [0.15, 0.2) is 30.3 Å². The first kappa shape index (κ1) is 25.4. The number of carboxylic acids is 2. The van der Waals surface area contributed by atoms with Gasteiger partial charge in [0.15, 0.2) is 0 Å². The second kappa shape index (κ2) is 10.7. The number of carbonyl (C=O) groups excluding carboxylic acids is 1. The summed E-state index contributed by atoms with van der Waals surface area (Å²) in [5.41, 5.74) is 0.355. The lowest BCUT2D eigenvalue weighted by Gasteiger charge is -2.29. The molecule has 178 valence electrons. The van der Waals surface area contributed by atoms with E-state index in [0.29, 0.717) is 32.6 Å². The van der Waals surface area contributed by atoms with Crippen molar-refractivity contribution in [2.75, 3.05) is 32.7 Å². The van der Waals surface area contributed by atoms with Gasteiger partial charge in [-0.05, 0) is 24.9 Å². The molecule has 2 aliphatic rings. The molecule has 0 aliphatic carbocycles. The minimum atomic E-state index is -5.08. The number of nitrogens with zero attached hydrogens (tertiary/aromatic N) is 2. The smallest absolute Gasteiger partial charge is 0.481 e. The van der Waals surface area contributed by atoms with Crippen LogP contribution in [0.4, 0.5) is 18.0 Å². The number of benzene rings is 1. The summed E-state index contributed by atoms with van der Waals surface area (Å²) in [6.45, 7) is 5.90. The standard InChI is InChI=1S/C19H27N3O3.C2HF3O2/c1-2-21-12-16-13-22(10-6-9-19(16,14-21)17(23)24)18(25)20-11-15-7-4-3-5-8-15;3-2(4,5)1(6)7/h3-5,7-8,16H,2,6,9-14H2,1H3,(H,20,25)(H,23,24);(H,6,7)/t16-,19+;/m1./s1. The number of nitrogens with one attached hydrogen (secondary N) is 1. The maximum atomic E-state index is 12.6. The van der Waals surface area contributed by atoms with Crippen molar-refractivity contribution in [3.63, 3.8) is 0 Å². The molecule has 8 nitrogen and oxygen atoms in total. The molecule has 2 aliphatic heterocycles. The fourth-order valence-corrected chi connectivity index (χ4v) is 4.20. The van der Waals surface area contributed by atoms with Gasteiger partial charge in [0.1, 0.15) is 0 Å². The van der Waals surface area contributed by atoms with E-state index in [-0.39, 0.29) is 11.9 Å². The molecule has 0 saturated carbocycles. The van der Waals surface area contributed by atoms with E-state index in [1.807, 2.05) is 30.3 Å². The quantitative estimate of drug-likeness (QED) is 0.639. The molecule has 11 heteroatoms. The predicted octanol–water partition coefficient (Wildman–Crippen LogP) is 2.65. The lowest BCUT2D eigenvalue weighted by atomic mass is 9.75. The second-order valence-electron chi connectivity index (χ2n) is 7.98. The maximum Gasteiger partial charge on any atom is 0.490 e. The molecule has 0 unspecified atom stereocenters. The van der Waals surface area contributed by atoms with Gasteiger partial charge < -0.3 is 25.3 Å². The third-order valence-electron chi connectivity index (χ3n) is 5.95. The second-order valence-corrected chi connectivity index (χ2v) is 7.98. The number of fused-ring (bicyclic) bond motifs is 1. The molecule has 2 fully saturated rings. The number of urea groups is 1. The van der Waals surface area contributed by atoms with Crippen LogP contribution in [-0.2, 0) is 16.1 Å². The molecular formula is C21H28F3N3O5. The fraction of sp³-hybridized carbons (Fsp3) is 0.571. The van der Waals surface area contributed by atoms with Gasteiger partial charge in [0.25, 0.3) is 0 Å². The largest absolute Gasteiger partial charge is 0.490 e. The number of hydrogen-bond donors (Lipinski definition) is 3. The number of likely N-dealkylation sites (tertiary alicyclic amines) is 2. The zero-order valence-corrected chi connectivity index (χ0v) is 17.8. The lowest BCUT2D eigenvalue weighted by molar-refractivity contribution is -0.192. The van der Waals surface area contributed by atoms with Crippen molar-refractivity contribution in [1.29, 1.82) is 0 Å². The molecule has 1 aromatic rings. The van der Waals surface area contributed by atoms with Crippen LogP contribution in [-0.4, -0.2) is 76.9 Å². The van der Waals surface area contributed by atoms with Crippen molar-refractivity contribution in [3.05, 3.63) is 35.9 Å². The van der Waals surface area contributed by atoms with Gasteiger partial charge in [-0.15, -0.1) is 0 Å². The molecule has 0 radical (unpaired) electrons. The first-order valence-electron chi connectivity index (χ1n) is 10.3. The predicted molar refractivity (Wildman–Crippen MR) is 109 cm³/mol. The molecule has 2 heterocycles. The molecule has 2 amide bonds. The third kappa shape index (κ3) is 6.35. The van der Waals surface area contributed by atoms with Crippen LogP contribution in [0.1, 0.15) is 25.3 Å². The molecule has 0 bridgehead atoms. The highest BCUT2D eigenvalue weighted by Gasteiger charge is 2.53. The van der Waals surface area contributed by atoms with Gasteiger partial charge in [-0.2, -0.15) is 13.2 Å². The Balaban J connectivity index is 0.000000451. The molecule has 0 aromatic heterocycles. The van der Waals surface area contributed by atoms with Gasteiger partial charge >= 0.3 is 24.1 Å². The molecule has 1 aromatic carbocycles. The summed E-state index contributed by atoms with van der Waals surface area (Å²) < 4.78 is 31.7. The number of rotatable bonds is 4. The summed E-state index contributed by atoms with van der Waals surface area (Å²) in [4.78, 5) is 37.5. The Morgan fingerprint density at radius 1 is 1.16 bits per heavy atom. The summed E-state index contributed by atoms with van der Waals surface area (Å²) in [5, 5.41) is 20.0. The Bertz CT molecular complexity index is 806. The molecule has 2 atom stereocenters. The van der Waals surface area contributed by atoms with E-state index in [0.717, 1.165) is 25.1 Å². The van der Waals surface area contributed by atoms with E-state index >= 15 is 0 Å². The van der Waals surface area contributed by atoms with Crippen LogP contribution in [0.5, 0.6) is 0 Å². The minimum Gasteiger partial charge on any atom is -0.481 e. The van der Waals surface area contributed by atoms with E-state index in [1.165, 1.54) is 0 Å². The third-order valence-corrected chi connectivity index (χ3v) is 5.95. The van der Waals surface area contributed by atoms with Crippen LogP contribution >= 0.6 is 0 Å². The van der Waals surface area contributed by atoms with Crippen LogP contribution < -0.4 is 5.32 Å². The number of halogens is 3. The molecule has 32 heavy (non-hydrogen) atoms. The van der Waals surface area contributed by atoms with Crippen molar-refractivity contribution in [2.24, 2.45) is 11.3 Å². The van der Waals surface area contributed by atoms with E-state index in [1.54, 1.807) is 4.90 Å². The van der Waals surface area contributed by atoms with Crippen molar-refractivity contribution < 1.29 is 37.8 Å². The van der Waals surface area contributed by atoms with E-state index in [4.69, 9.17) is 9.90 Å². The molecule has 3 rings (SSSR count). The topological polar surface area (TPSA) is 110 Å². The molecule has 3 N–H and O–H groups in total. The summed E-state index contributed by atoms with van der Waals surface area (Å²) in [7, 11) is 0. The zero-order valence-electron chi connectivity index (χ0n) is 17.8. The average molecular weight is 459 g/mol. The van der Waals surface area contributed by atoms with E-state index in [2.05, 4.69) is 17.1 Å². The fourth-order valence-electron chi connectivity index (χ4n) is 4.20. The average Bonchev–Trinajstić information content (AvgIpc) is 3.00. The van der Waals surface area contributed by atoms with Gasteiger partial charge in [0, 0.05) is 38.6 Å². The highest BCUT2D eigenvalue weighted by Crippen LogP contribution is 2.42. The normalized spacial score (nSPS) is 23.4. The monoisotopic (exact) mass is 459 g/mol. The van der Waals surface area contributed by atoms with Crippen molar-refractivity contribution in [1.82, 2.24) is 15.1 Å². The Morgan fingerprint density at radius 3 is 2.31 bits per heavy atom. The van der Waals surface area contributed by atoms with Crippen LogP contribution in [0.2, 0.25) is 0 Å². The minimum absolute atomic E-state index is 0.00470. The SMILES string of the molecule is CCN1C[C@@H]2CN(C(=O)NCc3ccccc3)CCC[C@]2(C(=O)O)C1.O=C(O)C(F)(F)F. The number of hydrogen-bond acceptors (Lipinski definition) is 4. The molecular weight excluding hydrogens is 431 g/mol. The first-order chi connectivity index (χ1) is 15.0. The first-order valence-corrected chi connectivity index (χ1v) is 10.3. The number of amides is 2. The highest BCUT2D eigenvalue weighted by molar-refractivity contribution is 5.77. The Morgan fingerprint density at radius 2 is 1.78 bits per heavy atom. The maximum absolute atomic E-state index is 12.6. The van der Waals surface area contributed by atoms with Gasteiger partial charge in [0.2, 0.25) is 0 Å². The van der Waals surface area contributed by atoms with Crippen LogP contribution in [0.3, 0.4) is 0 Å². The van der Waals surface area contributed by atoms with Crippen molar-refractivity contribution in [2.45, 2.75) is 32.5 Å². The van der Waals surface area contributed by atoms with Gasteiger partial charge in [-0.3, -0.25) is 4.79 Å². The number of alkyl halides is 3. The van der Waals surface area contributed by atoms with Crippen molar-refractivity contribution in [3.8, 4) is 0 Å². The van der Waals surface area contributed by atoms with Gasteiger partial charge in [-0.25, -0.2) is 9.59 Å². The number of aliphatic carboxylic acids is 2. The number of carboxylic acid groups (broad SMARTS) is 2. The van der Waals surface area contributed by atoms with Crippen molar-refractivity contribution >= 4 is 18.0 Å². The summed E-state index contributed by atoms with van der Waals surface area (Å²) in [6, 6.07) is 9.71. The Hall–Kier alpha value is -2.82. The Labute approximate surface area is 184 Å². The van der Waals surface area contributed by atoms with E-state index in [9.17, 15) is 27.9 Å². The Kier molecular flexibility index (Phi) is 8.48. The lowest BCUT2D eigenvalue weighted by Crippen LogP contribution is -2.45. The van der Waals surface area contributed by atoms with Gasteiger partial charge in [-0.1, -0.05) is 37.3 Å². The highest BCUT2D eigenvalue weighted by atomic mass is 19.4.